The molecule has 0 saturated heterocycles. The van der Waals surface area contributed by atoms with Gasteiger partial charge in [0.25, 0.3) is 5.69 Å². The zero-order valence-electron chi connectivity index (χ0n) is 12.2. The van der Waals surface area contributed by atoms with Crippen molar-refractivity contribution in [3.05, 3.63) is 27.9 Å². The number of anilines is 1. The Morgan fingerprint density at radius 2 is 2.10 bits per heavy atom. The van der Waals surface area contributed by atoms with Crippen molar-refractivity contribution < 1.29 is 9.72 Å². The van der Waals surface area contributed by atoms with Gasteiger partial charge in [-0.1, -0.05) is 0 Å². The second kappa shape index (κ2) is 6.83. The van der Waals surface area contributed by atoms with Crippen molar-refractivity contribution in [2.75, 3.05) is 18.4 Å². The number of carbonyl (C=O) groups excluding carboxylic acids is 1. The minimum atomic E-state index is -0.492. The number of hydrogen-bond donors (Lipinski definition) is 1. The van der Waals surface area contributed by atoms with Crippen LogP contribution in [0, 0.1) is 17.0 Å². The summed E-state index contributed by atoms with van der Waals surface area (Å²) >= 11 is 0. The predicted octanol–water partition coefficient (Wildman–Crippen LogP) is 1.97. The van der Waals surface area contributed by atoms with Crippen molar-refractivity contribution >= 4 is 17.4 Å². The molecule has 1 rings (SSSR count). The summed E-state index contributed by atoms with van der Waals surface area (Å²) in [4.78, 5) is 28.0. The van der Waals surface area contributed by atoms with Crippen molar-refractivity contribution in [3.8, 4) is 0 Å². The molecule has 1 N–H and O–H groups in total. The zero-order valence-corrected chi connectivity index (χ0v) is 12.2. The average molecular weight is 280 g/mol. The van der Waals surface area contributed by atoms with Gasteiger partial charge in [-0.3, -0.25) is 14.9 Å². The van der Waals surface area contributed by atoms with Gasteiger partial charge in [0.2, 0.25) is 5.91 Å². The summed E-state index contributed by atoms with van der Waals surface area (Å²) in [5, 5.41) is 13.6. The number of nitrogens with one attached hydrogen (secondary N) is 1. The third-order valence-electron chi connectivity index (χ3n) is 3.07. The van der Waals surface area contributed by atoms with E-state index in [0.29, 0.717) is 24.5 Å². The molecule has 1 heterocycles. The summed E-state index contributed by atoms with van der Waals surface area (Å²) in [5.74, 6) is 0.471. The van der Waals surface area contributed by atoms with E-state index in [0.717, 1.165) is 0 Å². The maximum absolute atomic E-state index is 12.1. The molecule has 1 amide bonds. The van der Waals surface area contributed by atoms with Gasteiger partial charge in [-0.05, 0) is 33.3 Å². The fourth-order valence-electron chi connectivity index (χ4n) is 1.89. The molecule has 0 aromatic carbocycles. The number of aromatic nitrogens is 1. The first kappa shape index (κ1) is 15.9. The molecule has 7 heteroatoms. The van der Waals surface area contributed by atoms with E-state index in [-0.39, 0.29) is 11.6 Å². The Bertz CT molecular complexity index is 500. The summed E-state index contributed by atoms with van der Waals surface area (Å²) in [6, 6.07) is 1.01. The summed E-state index contributed by atoms with van der Waals surface area (Å²) in [6.45, 7) is 8.61. The number of aryl methyl sites for hydroxylation is 1. The Balaban J connectivity index is 2.83. The van der Waals surface area contributed by atoms with Crippen LogP contribution >= 0.6 is 0 Å². The van der Waals surface area contributed by atoms with Crippen LogP contribution in [-0.2, 0) is 4.79 Å². The van der Waals surface area contributed by atoms with Crippen LogP contribution in [0.2, 0.25) is 0 Å². The van der Waals surface area contributed by atoms with E-state index in [1.165, 1.54) is 12.3 Å². The lowest BCUT2D eigenvalue weighted by molar-refractivity contribution is -0.385. The van der Waals surface area contributed by atoms with E-state index in [1.807, 2.05) is 13.8 Å². The van der Waals surface area contributed by atoms with Crippen LogP contribution in [0.5, 0.6) is 0 Å². The lowest BCUT2D eigenvalue weighted by Crippen LogP contribution is -2.41. The number of hydrogen-bond acceptors (Lipinski definition) is 5. The Kier molecular flexibility index (Phi) is 5.42. The molecule has 0 fully saturated rings. The van der Waals surface area contributed by atoms with Gasteiger partial charge in [0.05, 0.1) is 4.92 Å². The highest BCUT2D eigenvalue weighted by atomic mass is 16.6. The first-order valence-electron chi connectivity index (χ1n) is 6.57. The molecule has 0 aliphatic carbocycles. The highest BCUT2D eigenvalue weighted by Gasteiger charge is 2.19. The fourth-order valence-corrected chi connectivity index (χ4v) is 1.89. The third-order valence-corrected chi connectivity index (χ3v) is 3.07. The summed E-state index contributed by atoms with van der Waals surface area (Å²) in [7, 11) is 0. The zero-order chi connectivity index (χ0) is 15.3. The minimum absolute atomic E-state index is 0.0189. The van der Waals surface area contributed by atoms with Crippen LogP contribution in [0.25, 0.3) is 0 Å². The highest BCUT2D eigenvalue weighted by Crippen LogP contribution is 2.18. The van der Waals surface area contributed by atoms with Crippen molar-refractivity contribution in [1.82, 2.24) is 9.88 Å². The third kappa shape index (κ3) is 3.66. The van der Waals surface area contributed by atoms with Crippen molar-refractivity contribution in [2.45, 2.75) is 33.7 Å². The van der Waals surface area contributed by atoms with Crippen LogP contribution in [0.1, 0.15) is 26.3 Å². The predicted molar refractivity (Wildman–Crippen MR) is 76.6 cm³/mol. The largest absolute Gasteiger partial charge is 0.358 e. The molecular weight excluding hydrogens is 260 g/mol. The van der Waals surface area contributed by atoms with Gasteiger partial charge in [0.1, 0.15) is 18.1 Å². The lowest BCUT2D eigenvalue weighted by atomic mass is 10.2. The van der Waals surface area contributed by atoms with Gasteiger partial charge in [-0.15, -0.1) is 0 Å². The molecule has 1 atom stereocenters. The molecule has 0 spiro atoms. The van der Waals surface area contributed by atoms with Crippen LogP contribution in [0.3, 0.4) is 0 Å². The van der Waals surface area contributed by atoms with Crippen molar-refractivity contribution in [3.63, 3.8) is 0 Å². The Labute approximate surface area is 118 Å². The van der Waals surface area contributed by atoms with Crippen LogP contribution in [-0.4, -0.2) is 39.8 Å². The Morgan fingerprint density at radius 3 is 2.55 bits per heavy atom. The molecule has 110 valence electrons. The molecule has 1 aromatic heterocycles. The smallest absolute Gasteiger partial charge is 0.287 e. The molecule has 1 unspecified atom stereocenters. The summed E-state index contributed by atoms with van der Waals surface area (Å²) in [6.07, 6.45) is 1.18. The maximum atomic E-state index is 12.1. The van der Waals surface area contributed by atoms with Gasteiger partial charge < -0.3 is 10.2 Å². The number of nitro groups is 1. The standard InChI is InChI=1S/C13H20N4O3/c1-5-16(6-2)13(18)10(4)15-12-9(3)7-11(8-14-12)17(19)20/h7-8,10H,5-6H2,1-4H3,(H,14,15). The van der Waals surface area contributed by atoms with Crippen molar-refractivity contribution in [1.29, 1.82) is 0 Å². The SMILES string of the molecule is CCN(CC)C(=O)C(C)Nc1ncc([N+](=O)[O-])cc1C. The molecule has 0 bridgehead atoms. The second-order valence-electron chi connectivity index (χ2n) is 4.49. The number of pyridine rings is 1. The molecular formula is C13H20N4O3. The van der Waals surface area contributed by atoms with Crippen LogP contribution < -0.4 is 5.32 Å². The van der Waals surface area contributed by atoms with E-state index in [2.05, 4.69) is 10.3 Å². The first-order chi connectivity index (χ1) is 9.40. The summed E-state index contributed by atoms with van der Waals surface area (Å²) in [5.41, 5.74) is 0.578. The van der Waals surface area contributed by atoms with Gasteiger partial charge >= 0.3 is 0 Å². The molecule has 0 aliphatic heterocycles. The van der Waals surface area contributed by atoms with Crippen LogP contribution in [0.4, 0.5) is 11.5 Å². The van der Waals surface area contributed by atoms with E-state index in [4.69, 9.17) is 0 Å². The molecule has 20 heavy (non-hydrogen) atoms. The van der Waals surface area contributed by atoms with E-state index < -0.39 is 11.0 Å². The Hall–Kier alpha value is -2.18. The molecule has 0 saturated carbocycles. The molecule has 1 aromatic rings. The quantitative estimate of drug-likeness (QED) is 0.635. The fraction of sp³-hybridized carbons (Fsp3) is 0.538. The average Bonchev–Trinajstić information content (AvgIpc) is 2.41. The van der Waals surface area contributed by atoms with Gasteiger partial charge in [0, 0.05) is 19.2 Å². The molecule has 7 nitrogen and oxygen atoms in total. The maximum Gasteiger partial charge on any atom is 0.287 e. The molecule has 0 radical (unpaired) electrons. The van der Waals surface area contributed by atoms with Gasteiger partial charge in [-0.25, -0.2) is 4.98 Å². The van der Waals surface area contributed by atoms with Gasteiger partial charge in [-0.2, -0.15) is 0 Å². The second-order valence-corrected chi connectivity index (χ2v) is 4.49. The first-order valence-corrected chi connectivity index (χ1v) is 6.57. The Morgan fingerprint density at radius 1 is 1.50 bits per heavy atom. The summed E-state index contributed by atoms with van der Waals surface area (Å²) < 4.78 is 0. The number of rotatable bonds is 6. The molecule has 0 aliphatic rings. The van der Waals surface area contributed by atoms with Gasteiger partial charge in [0.15, 0.2) is 0 Å². The number of carbonyl (C=O) groups is 1. The van der Waals surface area contributed by atoms with E-state index in [9.17, 15) is 14.9 Å². The van der Waals surface area contributed by atoms with E-state index in [1.54, 1.807) is 18.7 Å². The number of likely N-dealkylation sites (N-methyl/N-ethyl adjacent to an activating group) is 1. The minimum Gasteiger partial charge on any atom is -0.358 e. The number of amides is 1. The van der Waals surface area contributed by atoms with Crippen molar-refractivity contribution in [2.24, 2.45) is 0 Å². The normalized spacial score (nSPS) is 11.8. The lowest BCUT2D eigenvalue weighted by Gasteiger charge is -2.24. The monoisotopic (exact) mass is 280 g/mol. The van der Waals surface area contributed by atoms with Crippen LogP contribution in [0.15, 0.2) is 12.3 Å². The highest BCUT2D eigenvalue weighted by molar-refractivity contribution is 5.84. The van der Waals surface area contributed by atoms with E-state index >= 15 is 0 Å². The number of nitrogens with zero attached hydrogens (tertiary/aromatic N) is 3. The topological polar surface area (TPSA) is 88.4 Å².